The van der Waals surface area contributed by atoms with E-state index in [1.54, 1.807) is 24.3 Å². The summed E-state index contributed by atoms with van der Waals surface area (Å²) in [6, 6.07) is 12.3. The fraction of sp³-hybridized carbons (Fsp3) is 0.300. The predicted molar refractivity (Wildman–Crippen MR) is 105 cm³/mol. The van der Waals surface area contributed by atoms with E-state index in [-0.39, 0.29) is 30.8 Å². The lowest BCUT2D eigenvalue weighted by Crippen LogP contribution is -2.49. The molecule has 5 nitrogen and oxygen atoms in total. The zero-order valence-electron chi connectivity index (χ0n) is 15.2. The van der Waals surface area contributed by atoms with Gasteiger partial charge in [0.15, 0.2) is 6.61 Å². The molecule has 0 saturated heterocycles. The largest absolute Gasteiger partial charge is 0.484 e. The summed E-state index contributed by atoms with van der Waals surface area (Å²) in [6.45, 7) is 1.82. The third-order valence-corrected chi connectivity index (χ3v) is 4.60. The van der Waals surface area contributed by atoms with E-state index in [0.717, 1.165) is 10.0 Å². The first-order valence-electron chi connectivity index (χ1n) is 8.58. The molecule has 2 aromatic rings. The molecule has 0 spiro atoms. The fourth-order valence-corrected chi connectivity index (χ4v) is 2.90. The summed E-state index contributed by atoms with van der Waals surface area (Å²) in [5.41, 5.74) is 0.732. The Kier molecular flexibility index (Phi) is 7.79. The SMILES string of the molecule is CC[C@@H](C(=O)NC)N(Cc1ccc(F)cc1)C(=O)COc1ccc(Br)cc1. The van der Waals surface area contributed by atoms with Gasteiger partial charge in [-0.2, -0.15) is 0 Å². The Morgan fingerprint density at radius 2 is 1.78 bits per heavy atom. The molecule has 0 aliphatic rings. The highest BCUT2D eigenvalue weighted by Crippen LogP contribution is 2.17. The van der Waals surface area contributed by atoms with E-state index in [0.29, 0.717) is 12.2 Å². The van der Waals surface area contributed by atoms with E-state index in [1.807, 2.05) is 19.1 Å². The van der Waals surface area contributed by atoms with Crippen LogP contribution in [0.2, 0.25) is 0 Å². The van der Waals surface area contributed by atoms with Crippen LogP contribution in [0.4, 0.5) is 4.39 Å². The molecule has 2 amide bonds. The van der Waals surface area contributed by atoms with E-state index >= 15 is 0 Å². The Morgan fingerprint density at radius 1 is 1.15 bits per heavy atom. The van der Waals surface area contributed by atoms with Gasteiger partial charge in [-0.15, -0.1) is 0 Å². The van der Waals surface area contributed by atoms with E-state index in [4.69, 9.17) is 4.74 Å². The van der Waals surface area contributed by atoms with Gasteiger partial charge >= 0.3 is 0 Å². The maximum Gasteiger partial charge on any atom is 0.261 e. The number of rotatable bonds is 8. The van der Waals surface area contributed by atoms with Gasteiger partial charge in [-0.3, -0.25) is 9.59 Å². The third-order valence-electron chi connectivity index (χ3n) is 4.07. The van der Waals surface area contributed by atoms with Crippen LogP contribution in [0.3, 0.4) is 0 Å². The maximum absolute atomic E-state index is 13.2. The van der Waals surface area contributed by atoms with Crippen LogP contribution in [-0.4, -0.2) is 36.4 Å². The Hall–Kier alpha value is -2.41. The van der Waals surface area contributed by atoms with E-state index < -0.39 is 6.04 Å². The number of benzene rings is 2. The van der Waals surface area contributed by atoms with Gasteiger partial charge in [0.1, 0.15) is 17.6 Å². The second-order valence-electron chi connectivity index (χ2n) is 5.93. The van der Waals surface area contributed by atoms with Crippen LogP contribution in [0, 0.1) is 5.82 Å². The summed E-state index contributed by atoms with van der Waals surface area (Å²) in [4.78, 5) is 26.5. The van der Waals surface area contributed by atoms with Gasteiger partial charge in [-0.25, -0.2) is 4.39 Å². The Labute approximate surface area is 166 Å². The second-order valence-corrected chi connectivity index (χ2v) is 6.84. The molecule has 0 aliphatic heterocycles. The van der Waals surface area contributed by atoms with Gasteiger partial charge in [-0.1, -0.05) is 35.0 Å². The molecule has 1 N–H and O–H groups in total. The number of carbonyl (C=O) groups is 2. The fourth-order valence-electron chi connectivity index (χ4n) is 2.63. The molecule has 0 radical (unpaired) electrons. The van der Waals surface area contributed by atoms with Gasteiger partial charge in [0.2, 0.25) is 5.91 Å². The summed E-state index contributed by atoms with van der Waals surface area (Å²) in [5.74, 6) is -0.371. The van der Waals surface area contributed by atoms with Crippen molar-refractivity contribution < 1.29 is 18.7 Å². The number of amides is 2. The number of hydrogen-bond donors (Lipinski definition) is 1. The predicted octanol–water partition coefficient (Wildman–Crippen LogP) is 3.52. The molecule has 0 unspecified atom stereocenters. The smallest absolute Gasteiger partial charge is 0.261 e. The van der Waals surface area contributed by atoms with Crippen molar-refractivity contribution in [1.29, 1.82) is 0 Å². The average Bonchev–Trinajstić information content (AvgIpc) is 2.68. The number of nitrogens with one attached hydrogen (secondary N) is 1. The highest BCUT2D eigenvalue weighted by molar-refractivity contribution is 9.10. The minimum absolute atomic E-state index is 0.189. The number of hydrogen-bond acceptors (Lipinski definition) is 3. The highest BCUT2D eigenvalue weighted by Gasteiger charge is 2.28. The molecular formula is C20H22BrFN2O3. The Balaban J connectivity index is 2.15. The zero-order valence-corrected chi connectivity index (χ0v) is 16.8. The molecule has 0 aliphatic carbocycles. The van der Waals surface area contributed by atoms with Crippen molar-refractivity contribution in [3.8, 4) is 5.75 Å². The van der Waals surface area contributed by atoms with Crippen molar-refractivity contribution in [3.05, 3.63) is 64.4 Å². The lowest BCUT2D eigenvalue weighted by Gasteiger charge is -2.30. The van der Waals surface area contributed by atoms with E-state index in [9.17, 15) is 14.0 Å². The first kappa shape index (κ1) is 20.9. The summed E-state index contributed by atoms with van der Waals surface area (Å²) < 4.78 is 19.6. The maximum atomic E-state index is 13.2. The van der Waals surface area contributed by atoms with Gasteiger partial charge < -0.3 is 15.0 Å². The van der Waals surface area contributed by atoms with Crippen LogP contribution < -0.4 is 10.1 Å². The lowest BCUT2D eigenvalue weighted by atomic mass is 10.1. The van der Waals surface area contributed by atoms with Crippen molar-refractivity contribution >= 4 is 27.7 Å². The topological polar surface area (TPSA) is 58.6 Å². The third kappa shape index (κ3) is 6.06. The molecule has 27 heavy (non-hydrogen) atoms. The van der Waals surface area contributed by atoms with Crippen LogP contribution >= 0.6 is 15.9 Å². The van der Waals surface area contributed by atoms with Crippen LogP contribution in [-0.2, 0) is 16.1 Å². The Bertz CT molecular complexity index is 766. The molecule has 2 rings (SSSR count). The first-order valence-corrected chi connectivity index (χ1v) is 9.37. The summed E-state index contributed by atoms with van der Waals surface area (Å²) in [6.07, 6.45) is 0.449. The summed E-state index contributed by atoms with van der Waals surface area (Å²) in [7, 11) is 1.53. The van der Waals surface area contributed by atoms with E-state index in [2.05, 4.69) is 21.2 Å². The normalized spacial score (nSPS) is 11.6. The van der Waals surface area contributed by atoms with Crippen molar-refractivity contribution in [1.82, 2.24) is 10.2 Å². The Morgan fingerprint density at radius 3 is 2.33 bits per heavy atom. The number of nitrogens with zero attached hydrogens (tertiary/aromatic N) is 1. The van der Waals surface area contributed by atoms with Crippen molar-refractivity contribution in [2.45, 2.75) is 25.9 Å². The molecule has 7 heteroatoms. The second kappa shape index (κ2) is 10.1. The van der Waals surface area contributed by atoms with Crippen molar-refractivity contribution in [3.63, 3.8) is 0 Å². The molecular weight excluding hydrogens is 415 g/mol. The zero-order chi connectivity index (χ0) is 19.8. The molecule has 0 fully saturated rings. The number of likely N-dealkylation sites (N-methyl/N-ethyl adjacent to an activating group) is 1. The monoisotopic (exact) mass is 436 g/mol. The quantitative estimate of drug-likeness (QED) is 0.688. The first-order chi connectivity index (χ1) is 12.9. The molecule has 144 valence electrons. The van der Waals surface area contributed by atoms with Crippen molar-refractivity contribution in [2.75, 3.05) is 13.7 Å². The van der Waals surface area contributed by atoms with E-state index in [1.165, 1.54) is 24.1 Å². The number of ether oxygens (including phenoxy) is 1. The minimum atomic E-state index is -0.638. The number of carbonyl (C=O) groups excluding carboxylic acids is 2. The number of halogens is 2. The van der Waals surface area contributed by atoms with Gasteiger partial charge in [0, 0.05) is 18.1 Å². The van der Waals surface area contributed by atoms with Crippen molar-refractivity contribution in [2.24, 2.45) is 0 Å². The molecule has 1 atom stereocenters. The van der Waals surface area contributed by atoms with Gasteiger partial charge in [-0.05, 0) is 48.4 Å². The van der Waals surface area contributed by atoms with Crippen LogP contribution in [0.1, 0.15) is 18.9 Å². The average molecular weight is 437 g/mol. The molecule has 0 bridgehead atoms. The van der Waals surface area contributed by atoms with Gasteiger partial charge in [0.25, 0.3) is 5.91 Å². The lowest BCUT2D eigenvalue weighted by molar-refractivity contribution is -0.142. The van der Waals surface area contributed by atoms with Gasteiger partial charge in [0.05, 0.1) is 0 Å². The molecule has 0 aromatic heterocycles. The van der Waals surface area contributed by atoms with Crippen LogP contribution in [0.25, 0.3) is 0 Å². The molecule has 0 saturated carbocycles. The summed E-state index contributed by atoms with van der Waals surface area (Å²) in [5, 5.41) is 2.59. The summed E-state index contributed by atoms with van der Waals surface area (Å²) >= 11 is 3.34. The molecule has 0 heterocycles. The minimum Gasteiger partial charge on any atom is -0.484 e. The molecule has 2 aromatic carbocycles. The van der Waals surface area contributed by atoms with Crippen LogP contribution in [0.5, 0.6) is 5.75 Å². The van der Waals surface area contributed by atoms with Crippen LogP contribution in [0.15, 0.2) is 53.0 Å². The highest BCUT2D eigenvalue weighted by atomic mass is 79.9. The standard InChI is InChI=1S/C20H22BrFN2O3/c1-3-18(20(26)23-2)24(12-14-4-8-16(22)9-5-14)19(25)13-27-17-10-6-15(21)7-11-17/h4-11,18H,3,12-13H2,1-2H3,(H,23,26)/t18-/m0/s1.